The van der Waals surface area contributed by atoms with Crippen LogP contribution in [0.5, 0.6) is 5.75 Å². The summed E-state index contributed by atoms with van der Waals surface area (Å²) >= 11 is 0. The van der Waals surface area contributed by atoms with E-state index in [9.17, 15) is 9.18 Å². The highest BCUT2D eigenvalue weighted by Crippen LogP contribution is 2.26. The van der Waals surface area contributed by atoms with Crippen molar-refractivity contribution in [2.24, 2.45) is 0 Å². The normalized spacial score (nSPS) is 14.4. The molecule has 5 aromatic heterocycles. The van der Waals surface area contributed by atoms with Gasteiger partial charge in [0.15, 0.2) is 29.2 Å². The molecular weight excluding hydrogens is 537 g/mol. The van der Waals surface area contributed by atoms with Gasteiger partial charge in [0.2, 0.25) is 11.8 Å². The number of rotatable bonds is 8. The molecule has 1 saturated heterocycles. The molecule has 1 aromatic carbocycles. The van der Waals surface area contributed by atoms with Crippen molar-refractivity contribution in [1.29, 1.82) is 0 Å². The van der Waals surface area contributed by atoms with Gasteiger partial charge in [0.25, 0.3) is 5.89 Å². The summed E-state index contributed by atoms with van der Waals surface area (Å²) in [4.78, 5) is 29.0. The van der Waals surface area contributed by atoms with Crippen molar-refractivity contribution in [3.63, 3.8) is 0 Å². The zero-order valence-electron chi connectivity index (χ0n) is 21.6. The molecule has 16 heteroatoms. The van der Waals surface area contributed by atoms with Gasteiger partial charge in [-0.1, -0.05) is 0 Å². The van der Waals surface area contributed by atoms with Crippen molar-refractivity contribution in [3.8, 4) is 17.3 Å². The number of imidazole rings is 1. The maximum absolute atomic E-state index is 14.9. The monoisotopic (exact) mass is 561 g/mol. The number of anilines is 2. The van der Waals surface area contributed by atoms with Gasteiger partial charge in [-0.25, -0.2) is 24.3 Å². The SMILES string of the molecule is Nc1nc2c(ncn2CCN2CCN(c3ccc(OCc4n[nH]c(=O)o4)cc3F)CC2)c2nc(-c3ccco3)nn12. The molecule has 0 bridgehead atoms. The zero-order valence-corrected chi connectivity index (χ0v) is 21.6. The van der Waals surface area contributed by atoms with E-state index >= 15 is 0 Å². The minimum absolute atomic E-state index is 0.0830. The fraction of sp³-hybridized carbons (Fsp3) is 0.280. The van der Waals surface area contributed by atoms with E-state index < -0.39 is 5.76 Å². The molecular formula is C25H24FN11O4. The van der Waals surface area contributed by atoms with Gasteiger partial charge in [0.05, 0.1) is 18.3 Å². The number of nitrogens with two attached hydrogens (primary N) is 1. The molecule has 3 N–H and O–H groups in total. The van der Waals surface area contributed by atoms with Crippen LogP contribution in [0.25, 0.3) is 28.4 Å². The van der Waals surface area contributed by atoms with Crippen LogP contribution in [0.2, 0.25) is 0 Å². The topological polar surface area (TPSA) is 175 Å². The van der Waals surface area contributed by atoms with Crippen LogP contribution in [0, 0.1) is 5.82 Å². The number of nitrogen functional groups attached to an aromatic ring is 1. The Morgan fingerprint density at radius 3 is 2.73 bits per heavy atom. The molecule has 1 aliphatic rings. The Morgan fingerprint density at radius 1 is 1.10 bits per heavy atom. The first-order chi connectivity index (χ1) is 20.0. The number of hydrogen-bond donors (Lipinski definition) is 2. The molecule has 0 aliphatic carbocycles. The van der Waals surface area contributed by atoms with E-state index in [0.717, 1.165) is 19.6 Å². The van der Waals surface area contributed by atoms with Crippen molar-refractivity contribution in [2.45, 2.75) is 13.2 Å². The lowest BCUT2D eigenvalue weighted by Crippen LogP contribution is -2.47. The highest BCUT2D eigenvalue weighted by atomic mass is 19.1. The summed E-state index contributed by atoms with van der Waals surface area (Å²) in [6, 6.07) is 8.24. The molecule has 0 amide bonds. The average Bonchev–Trinajstić information content (AvgIpc) is 3.78. The first-order valence-electron chi connectivity index (χ1n) is 12.9. The summed E-state index contributed by atoms with van der Waals surface area (Å²) in [6.45, 7) is 4.19. The molecule has 210 valence electrons. The van der Waals surface area contributed by atoms with Gasteiger partial charge in [-0.3, -0.25) is 4.90 Å². The quantitative estimate of drug-likeness (QED) is 0.275. The van der Waals surface area contributed by atoms with E-state index in [4.69, 9.17) is 19.3 Å². The fourth-order valence-electron chi connectivity index (χ4n) is 4.87. The van der Waals surface area contributed by atoms with Gasteiger partial charge in [-0.05, 0) is 24.3 Å². The second-order valence-electron chi connectivity index (χ2n) is 9.47. The van der Waals surface area contributed by atoms with Gasteiger partial charge in [0, 0.05) is 45.3 Å². The number of hydrogen-bond acceptors (Lipinski definition) is 12. The second-order valence-corrected chi connectivity index (χ2v) is 9.47. The third-order valence-corrected chi connectivity index (χ3v) is 6.94. The Hall–Kier alpha value is -5.25. The average molecular weight is 562 g/mol. The van der Waals surface area contributed by atoms with Crippen LogP contribution in [0.1, 0.15) is 5.89 Å². The van der Waals surface area contributed by atoms with Crippen LogP contribution < -0.4 is 21.1 Å². The van der Waals surface area contributed by atoms with Crippen LogP contribution in [0.15, 0.2) is 56.6 Å². The van der Waals surface area contributed by atoms with Gasteiger partial charge in [-0.2, -0.15) is 9.50 Å². The van der Waals surface area contributed by atoms with Crippen molar-refractivity contribution < 1.29 is 18.0 Å². The Morgan fingerprint density at radius 2 is 1.98 bits per heavy atom. The maximum atomic E-state index is 14.9. The van der Waals surface area contributed by atoms with Crippen LogP contribution >= 0.6 is 0 Å². The predicted molar refractivity (Wildman–Crippen MR) is 143 cm³/mol. The summed E-state index contributed by atoms with van der Waals surface area (Å²) in [6.07, 6.45) is 3.29. The smallest absolute Gasteiger partial charge is 0.434 e. The van der Waals surface area contributed by atoms with Gasteiger partial charge in [-0.15, -0.1) is 10.2 Å². The molecule has 0 saturated carbocycles. The van der Waals surface area contributed by atoms with Crippen molar-refractivity contribution in [3.05, 3.63) is 65.2 Å². The molecule has 15 nitrogen and oxygen atoms in total. The van der Waals surface area contributed by atoms with Crippen LogP contribution in [-0.4, -0.2) is 77.0 Å². The third-order valence-electron chi connectivity index (χ3n) is 6.94. The maximum Gasteiger partial charge on any atom is 0.434 e. The number of halogens is 1. The number of furan rings is 1. The Bertz CT molecular complexity index is 1880. The molecule has 7 rings (SSSR count). The van der Waals surface area contributed by atoms with Gasteiger partial charge >= 0.3 is 5.76 Å². The van der Waals surface area contributed by atoms with Crippen molar-refractivity contribution >= 4 is 28.4 Å². The van der Waals surface area contributed by atoms with E-state index in [-0.39, 0.29) is 24.3 Å². The minimum Gasteiger partial charge on any atom is -0.484 e. The first-order valence-corrected chi connectivity index (χ1v) is 12.9. The number of nitrogens with zero attached hydrogens (tertiary/aromatic N) is 9. The highest BCUT2D eigenvalue weighted by molar-refractivity contribution is 5.87. The van der Waals surface area contributed by atoms with Crippen molar-refractivity contribution in [1.82, 2.24) is 44.2 Å². The number of aromatic nitrogens is 8. The zero-order chi connectivity index (χ0) is 27.9. The van der Waals surface area contributed by atoms with Crippen LogP contribution in [0.4, 0.5) is 16.0 Å². The molecule has 6 heterocycles. The second kappa shape index (κ2) is 10.1. The number of ether oxygens (including phenoxy) is 1. The van der Waals surface area contributed by atoms with E-state index in [1.165, 1.54) is 10.6 Å². The summed E-state index contributed by atoms with van der Waals surface area (Å²) in [5.74, 6) is 0.499. The lowest BCUT2D eigenvalue weighted by Gasteiger charge is -2.36. The van der Waals surface area contributed by atoms with E-state index in [1.807, 2.05) is 9.47 Å². The van der Waals surface area contributed by atoms with E-state index in [0.29, 0.717) is 59.5 Å². The molecule has 0 radical (unpaired) electrons. The van der Waals surface area contributed by atoms with Gasteiger partial charge < -0.3 is 28.8 Å². The van der Waals surface area contributed by atoms with E-state index in [1.54, 1.807) is 36.9 Å². The Labute approximate surface area is 230 Å². The number of H-pyrrole nitrogens is 1. The number of nitrogens with one attached hydrogen (secondary N) is 1. The fourth-order valence-corrected chi connectivity index (χ4v) is 4.87. The lowest BCUT2D eigenvalue weighted by atomic mass is 10.2. The Kier molecular flexibility index (Phi) is 6.07. The summed E-state index contributed by atoms with van der Waals surface area (Å²) < 4.78 is 34.0. The molecule has 1 aliphatic heterocycles. The standard InChI is InChI=1S/C25H24FN11O4/c26-16-12-15(40-13-19-31-32-25(38)41-19)3-4-17(16)35-8-5-34(6-9-35)7-10-36-14-28-20-22(36)30-24(27)37-23(20)29-21(33-37)18-2-1-11-39-18/h1-4,11-12,14H,5-10,13H2,(H2,27,30)(H,32,38). The van der Waals surface area contributed by atoms with E-state index in [2.05, 4.69) is 35.1 Å². The van der Waals surface area contributed by atoms with Crippen molar-refractivity contribution in [2.75, 3.05) is 43.4 Å². The largest absolute Gasteiger partial charge is 0.484 e. The number of piperazine rings is 1. The lowest BCUT2D eigenvalue weighted by molar-refractivity contribution is 0.248. The molecule has 0 atom stereocenters. The van der Waals surface area contributed by atoms with Crippen LogP contribution in [0.3, 0.4) is 0 Å². The molecule has 6 aromatic rings. The van der Waals surface area contributed by atoms with Crippen LogP contribution in [-0.2, 0) is 13.2 Å². The number of fused-ring (bicyclic) bond motifs is 3. The van der Waals surface area contributed by atoms with Gasteiger partial charge in [0.1, 0.15) is 11.6 Å². The molecule has 0 spiro atoms. The Balaban J connectivity index is 0.977. The number of benzene rings is 1. The third kappa shape index (κ3) is 4.73. The highest BCUT2D eigenvalue weighted by Gasteiger charge is 2.22. The molecule has 41 heavy (non-hydrogen) atoms. The molecule has 1 fully saturated rings. The summed E-state index contributed by atoms with van der Waals surface area (Å²) in [5, 5.41) is 10.2. The summed E-state index contributed by atoms with van der Waals surface area (Å²) in [5.41, 5.74) is 8.45. The predicted octanol–water partition coefficient (Wildman–Crippen LogP) is 1.53. The number of aromatic amines is 1. The minimum atomic E-state index is -0.669. The summed E-state index contributed by atoms with van der Waals surface area (Å²) in [7, 11) is 0. The molecule has 0 unspecified atom stereocenters. The first kappa shape index (κ1) is 24.8.